The molecule has 15 heavy (non-hydrogen) atoms. The fraction of sp³-hybridized carbons (Fsp3) is 0.727. The van der Waals surface area contributed by atoms with E-state index in [0.29, 0.717) is 18.5 Å². The topological polar surface area (TPSA) is 49.6 Å². The number of carbonyl (C=O) groups excluding carboxylic acids is 1. The summed E-state index contributed by atoms with van der Waals surface area (Å²) in [4.78, 5) is 15.4. The van der Waals surface area contributed by atoms with Gasteiger partial charge in [-0.1, -0.05) is 0 Å². The van der Waals surface area contributed by atoms with Gasteiger partial charge in [0, 0.05) is 24.5 Å². The molecule has 0 atom stereocenters. The zero-order valence-electron chi connectivity index (χ0n) is 9.97. The van der Waals surface area contributed by atoms with E-state index >= 15 is 0 Å². The Morgan fingerprint density at radius 2 is 1.60 bits per heavy atom. The number of rotatable bonds is 4. The lowest BCUT2D eigenvalue weighted by molar-refractivity contribution is -0.120. The van der Waals surface area contributed by atoms with Crippen LogP contribution < -0.4 is 5.73 Å². The summed E-state index contributed by atoms with van der Waals surface area (Å²) in [5, 5.41) is 0. The molecule has 86 valence electrons. The highest BCUT2D eigenvalue weighted by Crippen LogP contribution is 2.23. The minimum Gasteiger partial charge on any atom is -0.370 e. The highest BCUT2D eigenvalue weighted by Gasteiger charge is 2.30. The van der Waals surface area contributed by atoms with Gasteiger partial charge in [-0.3, -0.25) is 4.79 Å². The lowest BCUT2D eigenvalue weighted by Crippen LogP contribution is -2.46. The van der Waals surface area contributed by atoms with Crippen molar-refractivity contribution in [1.29, 1.82) is 0 Å². The Hall–Kier alpha value is -1.19. The van der Waals surface area contributed by atoms with Crippen LogP contribution in [0.1, 0.15) is 34.1 Å². The zero-order chi connectivity index (χ0) is 11.6. The molecule has 0 aromatic heterocycles. The molecular weight excluding hydrogens is 190 g/mol. The van der Waals surface area contributed by atoms with Crippen molar-refractivity contribution < 1.29 is 4.79 Å². The summed E-state index contributed by atoms with van der Waals surface area (Å²) in [6, 6.07) is 0.767. The summed E-state index contributed by atoms with van der Waals surface area (Å²) < 4.78 is 0. The zero-order valence-corrected chi connectivity index (χ0v) is 9.97. The molecule has 1 heterocycles. The van der Waals surface area contributed by atoms with Crippen LogP contribution in [0.3, 0.4) is 0 Å². The maximum absolute atomic E-state index is 11.0. The van der Waals surface area contributed by atoms with Gasteiger partial charge in [0.05, 0.1) is 6.42 Å². The minimum absolute atomic E-state index is 0.0856. The van der Waals surface area contributed by atoms with Crippen LogP contribution in [0.4, 0.5) is 0 Å². The average Bonchev–Trinajstić information content (AvgIpc) is 2.46. The van der Waals surface area contributed by atoms with Gasteiger partial charge in [-0.25, -0.2) is 0 Å². The second-order valence-corrected chi connectivity index (χ2v) is 4.53. The quantitative estimate of drug-likeness (QED) is 0.757. The van der Waals surface area contributed by atoms with Crippen LogP contribution in [0.2, 0.25) is 0 Å². The Balaban J connectivity index is 2.77. The van der Waals surface area contributed by atoms with Crippen molar-refractivity contribution in [3.63, 3.8) is 0 Å². The Kier molecular flexibility index (Phi) is 3.61. The molecule has 0 aromatic rings. The molecule has 1 aliphatic heterocycles. The average molecular weight is 211 g/mol. The number of carbonyl (C=O) groups is 1. The predicted octanol–water partition coefficient (Wildman–Crippen LogP) is 1.09. The molecule has 1 rings (SSSR count). The van der Waals surface area contributed by atoms with Gasteiger partial charge in [0.25, 0.3) is 0 Å². The smallest absolute Gasteiger partial charge is 0.221 e. The normalized spacial score (nSPS) is 17.2. The maximum Gasteiger partial charge on any atom is 0.221 e. The lowest BCUT2D eigenvalue weighted by atomic mass is 10.2. The van der Waals surface area contributed by atoms with E-state index in [1.54, 1.807) is 0 Å². The van der Waals surface area contributed by atoms with E-state index in [1.807, 2.05) is 12.4 Å². The molecule has 0 aromatic carbocycles. The molecule has 0 saturated heterocycles. The number of nitrogens with zero attached hydrogens (tertiary/aromatic N) is 2. The van der Waals surface area contributed by atoms with Crippen LogP contribution >= 0.6 is 0 Å². The first-order valence-corrected chi connectivity index (χ1v) is 5.45. The monoisotopic (exact) mass is 211 g/mol. The van der Waals surface area contributed by atoms with Gasteiger partial charge in [-0.15, -0.1) is 0 Å². The van der Waals surface area contributed by atoms with Crippen LogP contribution in [-0.2, 0) is 4.79 Å². The Labute approximate surface area is 91.7 Å². The van der Waals surface area contributed by atoms with E-state index in [1.165, 1.54) is 0 Å². The summed E-state index contributed by atoms with van der Waals surface area (Å²) in [6.07, 6.45) is 4.54. The van der Waals surface area contributed by atoms with Gasteiger partial charge < -0.3 is 15.5 Å². The molecule has 0 radical (unpaired) electrons. The van der Waals surface area contributed by atoms with Crippen molar-refractivity contribution >= 4 is 5.91 Å². The third-order valence-electron chi connectivity index (χ3n) is 2.68. The first-order chi connectivity index (χ1) is 6.93. The van der Waals surface area contributed by atoms with Gasteiger partial charge >= 0.3 is 0 Å². The summed E-state index contributed by atoms with van der Waals surface area (Å²) in [5.74, 6) is -0.250. The van der Waals surface area contributed by atoms with Gasteiger partial charge in [-0.2, -0.15) is 0 Å². The number of hydrogen-bond acceptors (Lipinski definition) is 3. The number of hydrogen-bond donors (Lipinski definition) is 1. The lowest BCUT2D eigenvalue weighted by Gasteiger charge is -2.36. The molecule has 0 spiro atoms. The fourth-order valence-electron chi connectivity index (χ4n) is 1.93. The third-order valence-corrected chi connectivity index (χ3v) is 2.68. The molecule has 2 N–H and O–H groups in total. The summed E-state index contributed by atoms with van der Waals surface area (Å²) in [7, 11) is 0. The molecule has 1 aliphatic rings. The molecular formula is C11H21N3O. The van der Waals surface area contributed by atoms with Crippen LogP contribution in [-0.4, -0.2) is 34.0 Å². The maximum atomic E-state index is 11.0. The van der Waals surface area contributed by atoms with E-state index in [4.69, 9.17) is 5.73 Å². The van der Waals surface area contributed by atoms with Crippen LogP contribution in [0.15, 0.2) is 12.4 Å². The third kappa shape index (κ3) is 2.64. The molecule has 0 unspecified atom stereocenters. The van der Waals surface area contributed by atoms with Gasteiger partial charge in [0.2, 0.25) is 5.91 Å². The summed E-state index contributed by atoms with van der Waals surface area (Å²) in [5.41, 5.74) is 5.28. The van der Waals surface area contributed by atoms with E-state index in [-0.39, 0.29) is 12.1 Å². The molecule has 0 bridgehead atoms. The number of nitrogens with two attached hydrogens (primary N) is 1. The fourth-order valence-corrected chi connectivity index (χ4v) is 1.93. The Bertz CT molecular complexity index is 243. The first-order valence-electron chi connectivity index (χ1n) is 5.45. The molecule has 0 saturated carbocycles. The van der Waals surface area contributed by atoms with Crippen LogP contribution in [0.25, 0.3) is 0 Å². The van der Waals surface area contributed by atoms with E-state index in [0.717, 1.165) is 0 Å². The van der Waals surface area contributed by atoms with Gasteiger partial charge in [0.1, 0.15) is 6.17 Å². The highest BCUT2D eigenvalue weighted by molar-refractivity contribution is 5.74. The molecule has 4 nitrogen and oxygen atoms in total. The van der Waals surface area contributed by atoms with Gasteiger partial charge in [-0.05, 0) is 27.7 Å². The highest BCUT2D eigenvalue weighted by atomic mass is 16.1. The van der Waals surface area contributed by atoms with Crippen molar-refractivity contribution in [2.24, 2.45) is 5.73 Å². The van der Waals surface area contributed by atoms with Crippen molar-refractivity contribution in [2.45, 2.75) is 52.4 Å². The van der Waals surface area contributed by atoms with Crippen LogP contribution in [0, 0.1) is 0 Å². The van der Waals surface area contributed by atoms with Crippen LogP contribution in [0.5, 0.6) is 0 Å². The first kappa shape index (κ1) is 11.9. The second kappa shape index (κ2) is 4.55. The largest absolute Gasteiger partial charge is 0.370 e. The standard InChI is InChI=1S/C11H21N3O/c1-8(2)13-5-6-14(9(3)4)11(13)7-10(12)15/h5-6,8-9,11H,7H2,1-4H3,(H2,12,15). The van der Waals surface area contributed by atoms with Crippen molar-refractivity contribution in [1.82, 2.24) is 9.80 Å². The molecule has 4 heteroatoms. The predicted molar refractivity (Wildman–Crippen MR) is 60.7 cm³/mol. The number of amides is 1. The molecule has 0 fully saturated rings. The van der Waals surface area contributed by atoms with Crippen molar-refractivity contribution in [3.8, 4) is 0 Å². The van der Waals surface area contributed by atoms with Gasteiger partial charge in [0.15, 0.2) is 0 Å². The Morgan fingerprint density at radius 1 is 1.20 bits per heavy atom. The van der Waals surface area contributed by atoms with E-state index in [2.05, 4.69) is 37.5 Å². The van der Waals surface area contributed by atoms with Crippen molar-refractivity contribution in [2.75, 3.05) is 0 Å². The molecule has 0 aliphatic carbocycles. The summed E-state index contributed by atoms with van der Waals surface area (Å²) in [6.45, 7) is 8.45. The van der Waals surface area contributed by atoms with Crippen molar-refractivity contribution in [3.05, 3.63) is 12.4 Å². The second-order valence-electron chi connectivity index (χ2n) is 4.53. The minimum atomic E-state index is -0.250. The van der Waals surface area contributed by atoms with E-state index < -0.39 is 0 Å². The number of primary amides is 1. The van der Waals surface area contributed by atoms with E-state index in [9.17, 15) is 4.79 Å². The molecule has 1 amide bonds. The Morgan fingerprint density at radius 3 is 1.87 bits per heavy atom. The SMILES string of the molecule is CC(C)N1C=CN(C(C)C)C1CC(N)=O. The summed E-state index contributed by atoms with van der Waals surface area (Å²) >= 11 is 0.